The molecule has 2 aromatic rings. The summed E-state index contributed by atoms with van der Waals surface area (Å²) in [4.78, 5) is 16.0. The smallest absolute Gasteiger partial charge is 0.257 e. The highest BCUT2D eigenvalue weighted by molar-refractivity contribution is 5.96. The molecular weight excluding hydrogens is 256 g/mol. The first kappa shape index (κ1) is 14.0. The maximum absolute atomic E-state index is 12.0. The molecule has 1 aromatic heterocycles. The molecule has 0 aliphatic heterocycles. The number of aliphatic hydroxyl groups is 1. The number of rotatable bonds is 5. The Kier molecular flexibility index (Phi) is 4.68. The highest BCUT2D eigenvalue weighted by Gasteiger charge is 2.12. The fourth-order valence-corrected chi connectivity index (χ4v) is 1.77. The van der Waals surface area contributed by atoms with Crippen LogP contribution in [0.4, 0.5) is 0 Å². The lowest BCUT2D eigenvalue weighted by molar-refractivity contribution is 0.0947. The van der Waals surface area contributed by atoms with Crippen LogP contribution in [-0.2, 0) is 13.2 Å². The van der Waals surface area contributed by atoms with Crippen molar-refractivity contribution in [1.82, 2.24) is 10.3 Å². The number of carbonyl (C=O) groups is 1. The lowest BCUT2D eigenvalue weighted by atomic mass is 10.1. The third kappa shape index (κ3) is 3.33. The number of amides is 1. The fraction of sp³-hybridized carbons (Fsp3) is 0.200. The van der Waals surface area contributed by atoms with Crippen LogP contribution in [0.3, 0.4) is 0 Å². The molecule has 0 bridgehead atoms. The van der Waals surface area contributed by atoms with Crippen molar-refractivity contribution in [2.75, 3.05) is 7.11 Å². The summed E-state index contributed by atoms with van der Waals surface area (Å²) in [7, 11) is 1.48. The van der Waals surface area contributed by atoms with E-state index in [0.29, 0.717) is 18.0 Å². The lowest BCUT2D eigenvalue weighted by Gasteiger charge is -2.08. The Hall–Kier alpha value is -2.40. The molecule has 5 nitrogen and oxygen atoms in total. The Morgan fingerprint density at radius 1 is 1.25 bits per heavy atom. The molecule has 0 radical (unpaired) electrons. The zero-order chi connectivity index (χ0) is 14.4. The standard InChI is InChI=1S/C15H16N2O3/c1-20-15-13(3-2-8-16-15)14(19)17-9-11-4-6-12(10-18)7-5-11/h2-8,18H,9-10H2,1H3,(H,17,19). The minimum Gasteiger partial charge on any atom is -0.480 e. The number of hydrogen-bond donors (Lipinski definition) is 2. The van der Waals surface area contributed by atoms with Gasteiger partial charge in [0.1, 0.15) is 5.56 Å². The summed E-state index contributed by atoms with van der Waals surface area (Å²) in [5.74, 6) is 0.0711. The highest BCUT2D eigenvalue weighted by Crippen LogP contribution is 2.13. The maximum Gasteiger partial charge on any atom is 0.257 e. The van der Waals surface area contributed by atoms with Gasteiger partial charge in [-0.05, 0) is 23.3 Å². The van der Waals surface area contributed by atoms with Crippen molar-refractivity contribution < 1.29 is 14.6 Å². The number of ether oxygens (including phenoxy) is 1. The van der Waals surface area contributed by atoms with Crippen LogP contribution in [0.1, 0.15) is 21.5 Å². The third-order valence-corrected chi connectivity index (χ3v) is 2.87. The number of aliphatic hydroxyl groups excluding tert-OH is 1. The highest BCUT2D eigenvalue weighted by atomic mass is 16.5. The molecule has 0 spiro atoms. The van der Waals surface area contributed by atoms with Gasteiger partial charge in [0.25, 0.3) is 5.91 Å². The SMILES string of the molecule is COc1ncccc1C(=O)NCc1ccc(CO)cc1. The van der Waals surface area contributed by atoms with Crippen LogP contribution < -0.4 is 10.1 Å². The van der Waals surface area contributed by atoms with Crippen LogP contribution in [-0.4, -0.2) is 23.1 Å². The van der Waals surface area contributed by atoms with Gasteiger partial charge in [-0.1, -0.05) is 24.3 Å². The fourth-order valence-electron chi connectivity index (χ4n) is 1.77. The summed E-state index contributed by atoms with van der Waals surface area (Å²) in [6.45, 7) is 0.419. The van der Waals surface area contributed by atoms with E-state index in [-0.39, 0.29) is 12.5 Å². The van der Waals surface area contributed by atoms with Gasteiger partial charge in [0.15, 0.2) is 0 Å². The van der Waals surface area contributed by atoms with Crippen molar-refractivity contribution >= 4 is 5.91 Å². The average molecular weight is 272 g/mol. The molecule has 0 aliphatic carbocycles. The van der Waals surface area contributed by atoms with Crippen LogP contribution in [0.2, 0.25) is 0 Å². The predicted molar refractivity (Wildman–Crippen MR) is 74.3 cm³/mol. The summed E-state index contributed by atoms with van der Waals surface area (Å²) in [6.07, 6.45) is 1.57. The summed E-state index contributed by atoms with van der Waals surface area (Å²) >= 11 is 0. The van der Waals surface area contributed by atoms with Crippen molar-refractivity contribution in [2.45, 2.75) is 13.2 Å². The van der Waals surface area contributed by atoms with E-state index in [1.165, 1.54) is 7.11 Å². The Balaban J connectivity index is 2.01. The molecule has 104 valence electrons. The van der Waals surface area contributed by atoms with E-state index in [2.05, 4.69) is 10.3 Å². The van der Waals surface area contributed by atoms with Gasteiger partial charge in [0.2, 0.25) is 5.88 Å². The molecule has 1 aromatic carbocycles. The number of aromatic nitrogens is 1. The average Bonchev–Trinajstić information content (AvgIpc) is 2.53. The lowest BCUT2D eigenvalue weighted by Crippen LogP contribution is -2.23. The normalized spacial score (nSPS) is 10.1. The molecule has 0 aliphatic rings. The molecule has 2 N–H and O–H groups in total. The third-order valence-electron chi connectivity index (χ3n) is 2.87. The minimum atomic E-state index is -0.235. The first-order valence-electron chi connectivity index (χ1n) is 6.20. The van der Waals surface area contributed by atoms with Gasteiger partial charge in [0.05, 0.1) is 13.7 Å². The molecule has 0 atom stereocenters. The molecule has 0 unspecified atom stereocenters. The number of hydrogen-bond acceptors (Lipinski definition) is 4. The largest absolute Gasteiger partial charge is 0.480 e. The van der Waals surface area contributed by atoms with Crippen molar-refractivity contribution in [2.24, 2.45) is 0 Å². The summed E-state index contributed by atoms with van der Waals surface area (Å²) in [5.41, 5.74) is 2.20. The molecule has 5 heteroatoms. The van der Waals surface area contributed by atoms with Crippen LogP contribution in [0.15, 0.2) is 42.6 Å². The summed E-state index contributed by atoms with van der Waals surface area (Å²) in [6, 6.07) is 10.7. The number of benzene rings is 1. The molecule has 2 rings (SSSR count). The summed E-state index contributed by atoms with van der Waals surface area (Å²) in [5, 5.41) is 11.8. The van der Waals surface area contributed by atoms with Gasteiger partial charge in [0, 0.05) is 12.7 Å². The Labute approximate surface area is 117 Å². The van der Waals surface area contributed by atoms with Gasteiger partial charge < -0.3 is 15.2 Å². The molecule has 0 fully saturated rings. The zero-order valence-electron chi connectivity index (χ0n) is 11.2. The Bertz CT molecular complexity index is 582. The van der Waals surface area contributed by atoms with Crippen LogP contribution in [0, 0.1) is 0 Å². The Morgan fingerprint density at radius 3 is 2.60 bits per heavy atom. The topological polar surface area (TPSA) is 71.5 Å². The van der Waals surface area contributed by atoms with Crippen LogP contribution in [0.25, 0.3) is 0 Å². The van der Waals surface area contributed by atoms with Gasteiger partial charge >= 0.3 is 0 Å². The van der Waals surface area contributed by atoms with Crippen LogP contribution >= 0.6 is 0 Å². The zero-order valence-corrected chi connectivity index (χ0v) is 11.2. The second kappa shape index (κ2) is 6.68. The molecule has 1 amide bonds. The van der Waals surface area contributed by atoms with Gasteiger partial charge in [-0.3, -0.25) is 4.79 Å². The molecule has 1 heterocycles. The van der Waals surface area contributed by atoms with Crippen molar-refractivity contribution in [1.29, 1.82) is 0 Å². The van der Waals surface area contributed by atoms with Crippen molar-refractivity contribution in [3.05, 3.63) is 59.3 Å². The molecule has 0 saturated carbocycles. The van der Waals surface area contributed by atoms with E-state index >= 15 is 0 Å². The maximum atomic E-state index is 12.0. The number of carbonyl (C=O) groups excluding carboxylic acids is 1. The van der Waals surface area contributed by atoms with E-state index in [1.807, 2.05) is 24.3 Å². The van der Waals surface area contributed by atoms with Crippen LogP contribution in [0.5, 0.6) is 5.88 Å². The Morgan fingerprint density at radius 2 is 1.95 bits per heavy atom. The van der Waals surface area contributed by atoms with Crippen molar-refractivity contribution in [3.63, 3.8) is 0 Å². The van der Waals surface area contributed by atoms with Gasteiger partial charge in [-0.2, -0.15) is 0 Å². The van der Waals surface area contributed by atoms with E-state index in [0.717, 1.165) is 11.1 Å². The molecule has 0 saturated heterocycles. The number of nitrogens with zero attached hydrogens (tertiary/aromatic N) is 1. The van der Waals surface area contributed by atoms with E-state index in [4.69, 9.17) is 9.84 Å². The monoisotopic (exact) mass is 272 g/mol. The molecular formula is C15H16N2O3. The first-order valence-corrected chi connectivity index (χ1v) is 6.20. The number of methoxy groups -OCH3 is 1. The van der Waals surface area contributed by atoms with Gasteiger partial charge in [-0.25, -0.2) is 4.98 Å². The van der Waals surface area contributed by atoms with Gasteiger partial charge in [-0.15, -0.1) is 0 Å². The molecule has 20 heavy (non-hydrogen) atoms. The quantitative estimate of drug-likeness (QED) is 0.865. The summed E-state index contributed by atoms with van der Waals surface area (Å²) < 4.78 is 5.05. The number of pyridine rings is 1. The second-order valence-electron chi connectivity index (χ2n) is 4.22. The van der Waals surface area contributed by atoms with E-state index in [9.17, 15) is 4.79 Å². The van der Waals surface area contributed by atoms with E-state index in [1.54, 1.807) is 18.3 Å². The van der Waals surface area contributed by atoms with E-state index < -0.39 is 0 Å². The number of nitrogens with one attached hydrogen (secondary N) is 1. The second-order valence-corrected chi connectivity index (χ2v) is 4.22. The predicted octanol–water partition coefficient (Wildman–Crippen LogP) is 1.51. The van der Waals surface area contributed by atoms with Crippen molar-refractivity contribution in [3.8, 4) is 5.88 Å². The minimum absolute atomic E-state index is 0.0134. The first-order chi connectivity index (χ1) is 9.74.